The van der Waals surface area contributed by atoms with Gasteiger partial charge in [-0.3, -0.25) is 14.6 Å². The zero-order valence-corrected chi connectivity index (χ0v) is 13.1. The van der Waals surface area contributed by atoms with E-state index in [0.29, 0.717) is 31.7 Å². The fourth-order valence-electron chi connectivity index (χ4n) is 2.77. The summed E-state index contributed by atoms with van der Waals surface area (Å²) in [4.78, 5) is 32.5. The first kappa shape index (κ1) is 15.2. The van der Waals surface area contributed by atoms with E-state index in [2.05, 4.69) is 4.98 Å². The van der Waals surface area contributed by atoms with Gasteiger partial charge in [0.1, 0.15) is 0 Å². The molecule has 1 fully saturated rings. The first-order valence-corrected chi connectivity index (χ1v) is 7.71. The lowest BCUT2D eigenvalue weighted by Crippen LogP contribution is -2.50. The molecule has 0 radical (unpaired) electrons. The van der Waals surface area contributed by atoms with Crippen LogP contribution in [0.3, 0.4) is 0 Å². The molecule has 0 spiro atoms. The molecule has 0 unspecified atom stereocenters. The van der Waals surface area contributed by atoms with Crippen molar-refractivity contribution in [3.8, 4) is 0 Å². The molecule has 2 aromatic rings. The van der Waals surface area contributed by atoms with Gasteiger partial charge in [0.2, 0.25) is 0 Å². The standard InChI is InChI=1S/C18H19N3O2/c1-14-4-2-3-5-16(14)18(23)21-12-10-20(11-13-21)17(22)15-6-8-19-9-7-15/h2-9H,10-13H2,1H3. The zero-order chi connectivity index (χ0) is 16.2. The van der Waals surface area contributed by atoms with Crippen molar-refractivity contribution < 1.29 is 9.59 Å². The molecule has 5 heteroatoms. The Balaban J connectivity index is 1.64. The first-order chi connectivity index (χ1) is 11.2. The summed E-state index contributed by atoms with van der Waals surface area (Å²) in [7, 11) is 0. The maximum atomic E-state index is 12.6. The molecule has 0 N–H and O–H groups in total. The second-order valence-corrected chi connectivity index (χ2v) is 5.64. The van der Waals surface area contributed by atoms with E-state index >= 15 is 0 Å². The number of aryl methyl sites for hydroxylation is 1. The van der Waals surface area contributed by atoms with Crippen LogP contribution in [0.25, 0.3) is 0 Å². The molecule has 1 saturated heterocycles. The highest BCUT2D eigenvalue weighted by molar-refractivity contribution is 5.96. The fraction of sp³-hybridized carbons (Fsp3) is 0.278. The van der Waals surface area contributed by atoms with Gasteiger partial charge in [-0.1, -0.05) is 18.2 Å². The maximum Gasteiger partial charge on any atom is 0.254 e. The van der Waals surface area contributed by atoms with Crippen molar-refractivity contribution in [1.29, 1.82) is 0 Å². The number of carbonyl (C=O) groups excluding carboxylic acids is 2. The van der Waals surface area contributed by atoms with Crippen molar-refractivity contribution in [2.75, 3.05) is 26.2 Å². The number of nitrogens with zero attached hydrogens (tertiary/aromatic N) is 3. The van der Waals surface area contributed by atoms with Gasteiger partial charge >= 0.3 is 0 Å². The Morgan fingerprint density at radius 1 is 0.870 bits per heavy atom. The first-order valence-electron chi connectivity index (χ1n) is 7.71. The number of rotatable bonds is 2. The van der Waals surface area contributed by atoms with Gasteiger partial charge in [-0.2, -0.15) is 0 Å². The molecule has 1 aliphatic heterocycles. The van der Waals surface area contributed by atoms with Gasteiger partial charge in [-0.05, 0) is 30.7 Å². The summed E-state index contributed by atoms with van der Waals surface area (Å²) in [5.41, 5.74) is 2.35. The summed E-state index contributed by atoms with van der Waals surface area (Å²) in [6.45, 7) is 4.17. The van der Waals surface area contributed by atoms with Gasteiger partial charge in [-0.25, -0.2) is 0 Å². The average Bonchev–Trinajstić information content (AvgIpc) is 2.62. The third kappa shape index (κ3) is 3.23. The normalized spacial score (nSPS) is 14.7. The van der Waals surface area contributed by atoms with Crippen molar-refractivity contribution in [3.05, 3.63) is 65.5 Å². The second kappa shape index (κ2) is 6.60. The Morgan fingerprint density at radius 3 is 2.04 bits per heavy atom. The van der Waals surface area contributed by atoms with Crippen LogP contribution in [-0.4, -0.2) is 52.8 Å². The molecule has 23 heavy (non-hydrogen) atoms. The minimum absolute atomic E-state index is 0.00427. The van der Waals surface area contributed by atoms with Crippen LogP contribution in [-0.2, 0) is 0 Å². The molecule has 1 aliphatic rings. The molecule has 0 bridgehead atoms. The van der Waals surface area contributed by atoms with E-state index < -0.39 is 0 Å². The Bertz CT molecular complexity index is 707. The number of hydrogen-bond donors (Lipinski definition) is 0. The molecule has 1 aromatic heterocycles. The summed E-state index contributed by atoms with van der Waals surface area (Å²) >= 11 is 0. The molecule has 2 amide bonds. The van der Waals surface area contributed by atoms with E-state index in [9.17, 15) is 9.59 Å². The molecule has 5 nitrogen and oxygen atoms in total. The molecule has 3 rings (SSSR count). The quantitative estimate of drug-likeness (QED) is 0.852. The van der Waals surface area contributed by atoms with Crippen molar-refractivity contribution in [1.82, 2.24) is 14.8 Å². The molecular weight excluding hydrogens is 290 g/mol. The van der Waals surface area contributed by atoms with Gasteiger partial charge in [0.25, 0.3) is 11.8 Å². The third-order valence-electron chi connectivity index (χ3n) is 4.16. The summed E-state index contributed by atoms with van der Waals surface area (Å²) in [6, 6.07) is 11.0. The number of carbonyl (C=O) groups is 2. The number of aromatic nitrogens is 1. The van der Waals surface area contributed by atoms with Gasteiger partial charge in [0.05, 0.1) is 0 Å². The minimum Gasteiger partial charge on any atom is -0.335 e. The van der Waals surface area contributed by atoms with Gasteiger partial charge in [-0.15, -0.1) is 0 Å². The monoisotopic (exact) mass is 309 g/mol. The zero-order valence-electron chi connectivity index (χ0n) is 13.1. The van der Waals surface area contributed by atoms with Crippen LogP contribution in [0, 0.1) is 6.92 Å². The molecule has 0 aliphatic carbocycles. The van der Waals surface area contributed by atoms with E-state index in [0.717, 1.165) is 11.1 Å². The van der Waals surface area contributed by atoms with E-state index in [-0.39, 0.29) is 11.8 Å². The van der Waals surface area contributed by atoms with Crippen molar-refractivity contribution >= 4 is 11.8 Å². The van der Waals surface area contributed by atoms with E-state index in [4.69, 9.17) is 0 Å². The highest BCUT2D eigenvalue weighted by atomic mass is 16.2. The number of hydrogen-bond acceptors (Lipinski definition) is 3. The van der Waals surface area contributed by atoms with Crippen LogP contribution in [0.2, 0.25) is 0 Å². The van der Waals surface area contributed by atoms with Crippen LogP contribution in [0.1, 0.15) is 26.3 Å². The smallest absolute Gasteiger partial charge is 0.254 e. The highest BCUT2D eigenvalue weighted by Gasteiger charge is 2.25. The van der Waals surface area contributed by atoms with Gasteiger partial charge in [0.15, 0.2) is 0 Å². The molecule has 1 aromatic carbocycles. The Morgan fingerprint density at radius 2 is 1.43 bits per heavy atom. The summed E-state index contributed by atoms with van der Waals surface area (Å²) in [6.07, 6.45) is 3.23. The Hall–Kier alpha value is -2.69. The molecule has 0 saturated carbocycles. The summed E-state index contributed by atoms with van der Waals surface area (Å²) in [5, 5.41) is 0. The summed E-state index contributed by atoms with van der Waals surface area (Å²) in [5.74, 6) is 0.0366. The van der Waals surface area contributed by atoms with Crippen LogP contribution in [0.15, 0.2) is 48.8 Å². The van der Waals surface area contributed by atoms with Crippen molar-refractivity contribution in [3.63, 3.8) is 0 Å². The van der Waals surface area contributed by atoms with Crippen LogP contribution in [0.4, 0.5) is 0 Å². The summed E-state index contributed by atoms with van der Waals surface area (Å²) < 4.78 is 0. The largest absolute Gasteiger partial charge is 0.335 e. The average molecular weight is 309 g/mol. The fourth-order valence-corrected chi connectivity index (χ4v) is 2.77. The van der Waals surface area contributed by atoms with Crippen LogP contribution >= 0.6 is 0 Å². The SMILES string of the molecule is Cc1ccccc1C(=O)N1CCN(C(=O)c2ccncc2)CC1. The maximum absolute atomic E-state index is 12.6. The topological polar surface area (TPSA) is 53.5 Å². The highest BCUT2D eigenvalue weighted by Crippen LogP contribution is 2.14. The lowest BCUT2D eigenvalue weighted by atomic mass is 10.1. The number of pyridine rings is 1. The predicted molar refractivity (Wildman–Crippen MR) is 87.2 cm³/mol. The van der Waals surface area contributed by atoms with E-state index in [1.54, 1.807) is 29.4 Å². The van der Waals surface area contributed by atoms with Crippen molar-refractivity contribution in [2.24, 2.45) is 0 Å². The third-order valence-corrected chi connectivity index (χ3v) is 4.16. The molecular formula is C18H19N3O2. The van der Waals surface area contributed by atoms with Gasteiger partial charge < -0.3 is 9.80 Å². The second-order valence-electron chi connectivity index (χ2n) is 5.64. The lowest BCUT2D eigenvalue weighted by Gasteiger charge is -2.35. The van der Waals surface area contributed by atoms with Crippen LogP contribution < -0.4 is 0 Å². The predicted octanol–water partition coefficient (Wildman–Crippen LogP) is 1.99. The van der Waals surface area contributed by atoms with E-state index in [1.165, 1.54) is 0 Å². The Labute approximate surface area is 135 Å². The lowest BCUT2D eigenvalue weighted by molar-refractivity contribution is 0.0535. The Kier molecular flexibility index (Phi) is 4.37. The number of piperazine rings is 1. The van der Waals surface area contributed by atoms with Gasteiger partial charge in [0, 0.05) is 49.7 Å². The van der Waals surface area contributed by atoms with Crippen molar-refractivity contribution in [2.45, 2.75) is 6.92 Å². The minimum atomic E-state index is -0.00427. The number of amides is 2. The van der Waals surface area contributed by atoms with Crippen LogP contribution in [0.5, 0.6) is 0 Å². The molecule has 118 valence electrons. The molecule has 0 atom stereocenters. The number of benzene rings is 1. The molecule has 2 heterocycles. The van der Waals surface area contributed by atoms with E-state index in [1.807, 2.05) is 36.1 Å².